The summed E-state index contributed by atoms with van der Waals surface area (Å²) < 4.78 is 4.95. The predicted molar refractivity (Wildman–Crippen MR) is 68.7 cm³/mol. The first-order valence-corrected chi connectivity index (χ1v) is 6.12. The molecule has 1 rings (SSSR count). The molecule has 1 amide bonds. The van der Waals surface area contributed by atoms with Crippen molar-refractivity contribution in [2.45, 2.75) is 39.3 Å². The molecule has 0 aromatic rings. The maximum atomic E-state index is 12.1. The van der Waals surface area contributed by atoms with Crippen molar-refractivity contribution in [1.29, 1.82) is 0 Å². The lowest BCUT2D eigenvalue weighted by Crippen LogP contribution is -2.61. The third-order valence-corrected chi connectivity index (χ3v) is 3.12. The van der Waals surface area contributed by atoms with E-state index in [4.69, 9.17) is 10.5 Å². The maximum absolute atomic E-state index is 12.1. The van der Waals surface area contributed by atoms with Gasteiger partial charge in [0, 0.05) is 6.54 Å². The first-order valence-electron chi connectivity index (χ1n) is 6.12. The molecule has 0 aromatic heterocycles. The number of carbonyl (C=O) groups is 2. The molecule has 5 heteroatoms. The van der Waals surface area contributed by atoms with Crippen molar-refractivity contribution in [3.63, 3.8) is 0 Å². The molecule has 102 valence electrons. The zero-order chi connectivity index (χ0) is 13.9. The SMILES string of the molecule is C=CCOC(=O)[C@H]1CCN1C(=O)[C@@H](N)C(C)(C)C. The Morgan fingerprint density at radius 2 is 2.17 bits per heavy atom. The van der Waals surface area contributed by atoms with Gasteiger partial charge in [-0.05, 0) is 11.8 Å². The third-order valence-electron chi connectivity index (χ3n) is 3.12. The van der Waals surface area contributed by atoms with Gasteiger partial charge in [-0.3, -0.25) is 4.79 Å². The third kappa shape index (κ3) is 3.10. The van der Waals surface area contributed by atoms with Gasteiger partial charge < -0.3 is 15.4 Å². The van der Waals surface area contributed by atoms with E-state index in [1.54, 1.807) is 0 Å². The number of amides is 1. The Morgan fingerprint density at radius 1 is 1.56 bits per heavy atom. The second-order valence-corrected chi connectivity index (χ2v) is 5.60. The van der Waals surface area contributed by atoms with E-state index in [2.05, 4.69) is 6.58 Å². The topological polar surface area (TPSA) is 72.6 Å². The van der Waals surface area contributed by atoms with Crippen molar-refractivity contribution in [3.8, 4) is 0 Å². The number of carbonyl (C=O) groups excluding carboxylic acids is 2. The first-order chi connectivity index (χ1) is 8.29. The summed E-state index contributed by atoms with van der Waals surface area (Å²) in [7, 11) is 0. The summed E-state index contributed by atoms with van der Waals surface area (Å²) in [6.07, 6.45) is 2.14. The summed E-state index contributed by atoms with van der Waals surface area (Å²) in [6.45, 7) is 9.92. The van der Waals surface area contributed by atoms with Crippen LogP contribution >= 0.6 is 0 Å². The van der Waals surface area contributed by atoms with Crippen LogP contribution in [0, 0.1) is 5.41 Å². The summed E-state index contributed by atoms with van der Waals surface area (Å²) in [5.74, 6) is -0.565. The van der Waals surface area contributed by atoms with Crippen molar-refractivity contribution in [2.24, 2.45) is 11.1 Å². The monoisotopic (exact) mass is 254 g/mol. The maximum Gasteiger partial charge on any atom is 0.329 e. The van der Waals surface area contributed by atoms with E-state index >= 15 is 0 Å². The minimum atomic E-state index is -0.604. The highest BCUT2D eigenvalue weighted by molar-refractivity contribution is 5.89. The fourth-order valence-corrected chi connectivity index (χ4v) is 1.68. The van der Waals surface area contributed by atoms with Gasteiger partial charge >= 0.3 is 5.97 Å². The van der Waals surface area contributed by atoms with Crippen LogP contribution in [-0.4, -0.2) is 42.0 Å². The predicted octanol–water partition coefficient (Wildman–Crippen LogP) is 0.690. The van der Waals surface area contributed by atoms with E-state index in [-0.39, 0.29) is 23.9 Å². The summed E-state index contributed by atoms with van der Waals surface area (Å²) >= 11 is 0. The summed E-state index contributed by atoms with van der Waals surface area (Å²) in [5.41, 5.74) is 5.59. The average molecular weight is 254 g/mol. The Labute approximate surface area is 108 Å². The largest absolute Gasteiger partial charge is 0.460 e. The molecule has 1 fully saturated rings. The number of nitrogens with two attached hydrogens (primary N) is 1. The van der Waals surface area contributed by atoms with Crippen molar-refractivity contribution < 1.29 is 14.3 Å². The van der Waals surface area contributed by atoms with Crippen molar-refractivity contribution >= 4 is 11.9 Å². The smallest absolute Gasteiger partial charge is 0.329 e. The lowest BCUT2D eigenvalue weighted by Gasteiger charge is -2.42. The summed E-state index contributed by atoms with van der Waals surface area (Å²) in [5, 5.41) is 0. The zero-order valence-electron chi connectivity index (χ0n) is 11.3. The second-order valence-electron chi connectivity index (χ2n) is 5.60. The van der Waals surface area contributed by atoms with E-state index < -0.39 is 12.1 Å². The number of hydrogen-bond acceptors (Lipinski definition) is 4. The second kappa shape index (κ2) is 5.52. The van der Waals surface area contributed by atoms with Gasteiger partial charge in [0.05, 0.1) is 6.04 Å². The minimum Gasteiger partial charge on any atom is -0.460 e. The van der Waals surface area contributed by atoms with Crippen LogP contribution in [-0.2, 0) is 14.3 Å². The minimum absolute atomic E-state index is 0.169. The molecule has 2 N–H and O–H groups in total. The molecule has 5 nitrogen and oxygen atoms in total. The van der Waals surface area contributed by atoms with Gasteiger partial charge in [0.15, 0.2) is 0 Å². The fourth-order valence-electron chi connectivity index (χ4n) is 1.68. The van der Waals surface area contributed by atoms with E-state index in [1.807, 2.05) is 20.8 Å². The Balaban J connectivity index is 2.60. The van der Waals surface area contributed by atoms with Crippen LogP contribution in [0.4, 0.5) is 0 Å². The molecule has 0 aliphatic carbocycles. The number of esters is 1. The molecule has 2 atom stereocenters. The average Bonchev–Trinajstić information content (AvgIpc) is 2.22. The van der Waals surface area contributed by atoms with E-state index in [1.165, 1.54) is 11.0 Å². The van der Waals surface area contributed by atoms with Crippen LogP contribution in [0.5, 0.6) is 0 Å². The van der Waals surface area contributed by atoms with Crippen molar-refractivity contribution in [2.75, 3.05) is 13.2 Å². The van der Waals surface area contributed by atoms with E-state index in [0.717, 1.165) is 0 Å². The molecule has 1 saturated heterocycles. The van der Waals surface area contributed by atoms with Gasteiger partial charge in [-0.25, -0.2) is 4.79 Å². The van der Waals surface area contributed by atoms with Crippen molar-refractivity contribution in [1.82, 2.24) is 4.90 Å². The lowest BCUT2D eigenvalue weighted by atomic mass is 9.85. The van der Waals surface area contributed by atoms with Crippen molar-refractivity contribution in [3.05, 3.63) is 12.7 Å². The summed E-state index contributed by atoms with van der Waals surface area (Å²) in [4.78, 5) is 25.3. The standard InChI is InChI=1S/C13H22N2O3/c1-5-8-18-12(17)9-6-7-15(9)11(16)10(14)13(2,3)4/h5,9-10H,1,6-8,14H2,2-4H3/t9-,10-/m1/s1. The molecule has 1 aliphatic heterocycles. The highest BCUT2D eigenvalue weighted by atomic mass is 16.5. The van der Waals surface area contributed by atoms with Gasteiger partial charge in [0.25, 0.3) is 0 Å². The van der Waals surface area contributed by atoms with Gasteiger partial charge in [-0.15, -0.1) is 0 Å². The first kappa shape index (κ1) is 14.7. The van der Waals surface area contributed by atoms with E-state index in [0.29, 0.717) is 13.0 Å². The quantitative estimate of drug-likeness (QED) is 0.592. The number of likely N-dealkylation sites (tertiary alicyclic amines) is 1. The molecule has 1 heterocycles. The van der Waals surface area contributed by atoms with Gasteiger partial charge in [0.1, 0.15) is 12.6 Å². The molecule has 0 saturated carbocycles. The molecular formula is C13H22N2O3. The number of rotatable bonds is 4. The Hall–Kier alpha value is -1.36. The molecule has 0 radical (unpaired) electrons. The molecule has 0 spiro atoms. The Bertz CT molecular complexity index is 347. The molecular weight excluding hydrogens is 232 g/mol. The zero-order valence-corrected chi connectivity index (χ0v) is 11.3. The normalized spacial score (nSPS) is 20.9. The van der Waals surface area contributed by atoms with Crippen LogP contribution in [0.1, 0.15) is 27.2 Å². The molecule has 0 aromatic carbocycles. The number of ether oxygens (including phenoxy) is 1. The summed E-state index contributed by atoms with van der Waals surface area (Å²) in [6, 6.07) is -1.08. The van der Waals surface area contributed by atoms with Crippen LogP contribution in [0.15, 0.2) is 12.7 Å². The molecule has 0 bridgehead atoms. The van der Waals surface area contributed by atoms with Crippen LogP contribution in [0.25, 0.3) is 0 Å². The highest BCUT2D eigenvalue weighted by Gasteiger charge is 2.42. The van der Waals surface area contributed by atoms with E-state index in [9.17, 15) is 9.59 Å². The number of hydrogen-bond donors (Lipinski definition) is 1. The lowest BCUT2D eigenvalue weighted by molar-refractivity contribution is -0.162. The molecule has 18 heavy (non-hydrogen) atoms. The highest BCUT2D eigenvalue weighted by Crippen LogP contribution is 2.25. The van der Waals surface area contributed by atoms with Gasteiger partial charge in [-0.2, -0.15) is 0 Å². The fraction of sp³-hybridized carbons (Fsp3) is 0.692. The Kier molecular flexibility index (Phi) is 4.51. The van der Waals surface area contributed by atoms with Crippen LogP contribution < -0.4 is 5.73 Å². The van der Waals surface area contributed by atoms with Gasteiger partial charge in [-0.1, -0.05) is 33.4 Å². The van der Waals surface area contributed by atoms with Gasteiger partial charge in [0.2, 0.25) is 5.91 Å². The molecule has 1 aliphatic rings. The Morgan fingerprint density at radius 3 is 2.56 bits per heavy atom. The van der Waals surface area contributed by atoms with Crippen LogP contribution in [0.2, 0.25) is 0 Å². The molecule has 0 unspecified atom stereocenters. The number of nitrogens with zero attached hydrogens (tertiary/aromatic N) is 1. The van der Waals surface area contributed by atoms with Crippen LogP contribution in [0.3, 0.4) is 0 Å².